The molecule has 0 spiro atoms. The molecule has 0 radical (unpaired) electrons. The van der Waals surface area contributed by atoms with Gasteiger partial charge in [0.05, 0.1) is 18.1 Å². The van der Waals surface area contributed by atoms with E-state index in [4.69, 9.17) is 9.47 Å². The minimum absolute atomic E-state index is 0.145. The number of rotatable bonds is 3. The third-order valence-corrected chi connectivity index (χ3v) is 4.54. The topological polar surface area (TPSA) is 93.1 Å². The molecule has 1 aliphatic carbocycles. The number of carbonyl (C=O) groups is 2. The van der Waals surface area contributed by atoms with Crippen molar-refractivity contribution in [2.75, 3.05) is 7.11 Å². The van der Waals surface area contributed by atoms with Gasteiger partial charge in [-0.3, -0.25) is 4.79 Å². The molecule has 2 N–H and O–H groups in total. The van der Waals surface area contributed by atoms with Gasteiger partial charge >= 0.3 is 11.9 Å². The molecule has 2 aliphatic rings. The fourth-order valence-electron chi connectivity index (χ4n) is 3.52. The Hall–Kier alpha value is -2.76. The lowest BCUT2D eigenvalue weighted by molar-refractivity contribution is -0.145. The van der Waals surface area contributed by atoms with Crippen LogP contribution in [0.1, 0.15) is 19.4 Å². The van der Waals surface area contributed by atoms with Gasteiger partial charge in [-0.15, -0.1) is 0 Å². The SMILES string of the molecule is COc1ccc2c(c1)OC1=C(C)C=C(C(=O)O)C(C(=O)O)C12C. The number of aliphatic carboxylic acids is 2. The predicted octanol–water partition coefficient (Wildman–Crippen LogP) is 2.34. The molecule has 0 aromatic heterocycles. The number of carboxylic acids is 2. The second-order valence-corrected chi connectivity index (χ2v) is 5.85. The first-order chi connectivity index (χ1) is 10.8. The molecular formula is C17H16O6. The minimum Gasteiger partial charge on any atom is -0.497 e. The van der Waals surface area contributed by atoms with E-state index >= 15 is 0 Å². The smallest absolute Gasteiger partial charge is 0.332 e. The molecule has 23 heavy (non-hydrogen) atoms. The van der Waals surface area contributed by atoms with Crippen LogP contribution in [0.5, 0.6) is 11.5 Å². The summed E-state index contributed by atoms with van der Waals surface area (Å²) in [5, 5.41) is 19.1. The van der Waals surface area contributed by atoms with E-state index in [-0.39, 0.29) is 5.57 Å². The van der Waals surface area contributed by atoms with Gasteiger partial charge in [-0.05, 0) is 31.6 Å². The number of benzene rings is 1. The highest BCUT2D eigenvalue weighted by Crippen LogP contribution is 2.55. The number of methoxy groups -OCH3 is 1. The molecule has 0 bridgehead atoms. The van der Waals surface area contributed by atoms with Gasteiger partial charge in [0.15, 0.2) is 0 Å². The maximum atomic E-state index is 11.8. The van der Waals surface area contributed by atoms with E-state index in [0.717, 1.165) is 0 Å². The molecule has 6 heteroatoms. The minimum atomic E-state index is -1.24. The van der Waals surface area contributed by atoms with E-state index < -0.39 is 23.3 Å². The zero-order valence-corrected chi connectivity index (χ0v) is 12.9. The lowest BCUT2D eigenvalue weighted by Gasteiger charge is -2.35. The lowest BCUT2D eigenvalue weighted by atomic mass is 9.64. The highest BCUT2D eigenvalue weighted by atomic mass is 16.5. The molecule has 6 nitrogen and oxygen atoms in total. The first-order valence-electron chi connectivity index (χ1n) is 7.06. The third-order valence-electron chi connectivity index (χ3n) is 4.54. The molecule has 1 aliphatic heterocycles. The molecule has 0 saturated heterocycles. The van der Waals surface area contributed by atoms with E-state index in [1.165, 1.54) is 13.2 Å². The van der Waals surface area contributed by atoms with E-state index in [0.29, 0.717) is 28.4 Å². The highest BCUT2D eigenvalue weighted by molar-refractivity contribution is 5.97. The average Bonchev–Trinajstić information content (AvgIpc) is 2.79. The molecule has 0 fully saturated rings. The summed E-state index contributed by atoms with van der Waals surface area (Å²) in [6.45, 7) is 3.43. The molecule has 2 unspecified atom stereocenters. The summed E-state index contributed by atoms with van der Waals surface area (Å²) in [5.74, 6) is -2.11. The molecular weight excluding hydrogens is 300 g/mol. The summed E-state index contributed by atoms with van der Waals surface area (Å²) >= 11 is 0. The summed E-state index contributed by atoms with van der Waals surface area (Å²) in [4.78, 5) is 23.4. The van der Waals surface area contributed by atoms with Crippen molar-refractivity contribution < 1.29 is 29.3 Å². The van der Waals surface area contributed by atoms with Crippen molar-refractivity contribution in [1.29, 1.82) is 0 Å². The Balaban J connectivity index is 2.27. The van der Waals surface area contributed by atoms with Crippen LogP contribution in [0.2, 0.25) is 0 Å². The molecule has 120 valence electrons. The van der Waals surface area contributed by atoms with Gasteiger partial charge in [0.25, 0.3) is 0 Å². The lowest BCUT2D eigenvalue weighted by Crippen LogP contribution is -2.43. The van der Waals surface area contributed by atoms with Gasteiger partial charge in [-0.1, -0.05) is 6.07 Å². The molecule has 0 amide bonds. The number of fused-ring (bicyclic) bond motifs is 3. The normalized spacial score (nSPS) is 25.2. The first kappa shape index (κ1) is 15.1. The molecule has 1 heterocycles. The van der Waals surface area contributed by atoms with Gasteiger partial charge in [0.2, 0.25) is 0 Å². The van der Waals surface area contributed by atoms with Crippen LogP contribution in [-0.4, -0.2) is 29.3 Å². The zero-order chi connectivity index (χ0) is 16.9. The Bertz CT molecular complexity index is 788. The Morgan fingerprint density at radius 1 is 1.30 bits per heavy atom. The zero-order valence-electron chi connectivity index (χ0n) is 12.9. The third kappa shape index (κ3) is 1.94. The Morgan fingerprint density at radius 2 is 2.00 bits per heavy atom. The van der Waals surface area contributed by atoms with Crippen molar-refractivity contribution in [2.45, 2.75) is 19.3 Å². The molecule has 2 atom stereocenters. The number of allylic oxidation sites excluding steroid dienone is 3. The second-order valence-electron chi connectivity index (χ2n) is 5.85. The van der Waals surface area contributed by atoms with E-state index in [2.05, 4.69) is 0 Å². The quantitative estimate of drug-likeness (QED) is 0.889. The summed E-state index contributed by atoms with van der Waals surface area (Å²) in [7, 11) is 1.53. The van der Waals surface area contributed by atoms with Crippen molar-refractivity contribution in [2.24, 2.45) is 5.92 Å². The van der Waals surface area contributed by atoms with Crippen molar-refractivity contribution in [3.63, 3.8) is 0 Å². The molecule has 1 aromatic rings. The number of hydrogen-bond donors (Lipinski definition) is 2. The molecule has 1 aromatic carbocycles. The van der Waals surface area contributed by atoms with Gasteiger partial charge in [0.1, 0.15) is 23.2 Å². The van der Waals surface area contributed by atoms with E-state index in [1.807, 2.05) is 0 Å². The van der Waals surface area contributed by atoms with Crippen LogP contribution in [-0.2, 0) is 15.0 Å². The van der Waals surface area contributed by atoms with Crippen molar-refractivity contribution >= 4 is 11.9 Å². The summed E-state index contributed by atoms with van der Waals surface area (Å²) < 4.78 is 11.0. The first-order valence-corrected chi connectivity index (χ1v) is 7.06. The highest BCUT2D eigenvalue weighted by Gasteiger charge is 2.55. The van der Waals surface area contributed by atoms with Crippen LogP contribution >= 0.6 is 0 Å². The number of ether oxygens (including phenoxy) is 2. The standard InChI is InChI=1S/C17H16O6/c1-8-6-10(15(18)19)13(16(20)21)17(2)11-5-4-9(22-3)7-12(11)23-14(8)17/h4-7,13H,1-3H3,(H,18,19)(H,20,21). The Kier molecular flexibility index (Phi) is 3.21. The summed E-state index contributed by atoms with van der Waals surface area (Å²) in [5.41, 5.74) is 0.0398. The Labute approximate surface area is 132 Å². The van der Waals surface area contributed by atoms with Crippen LogP contribution in [0.3, 0.4) is 0 Å². The maximum absolute atomic E-state index is 11.8. The van der Waals surface area contributed by atoms with Gasteiger partial charge in [-0.25, -0.2) is 4.79 Å². The van der Waals surface area contributed by atoms with Crippen LogP contribution in [0.4, 0.5) is 0 Å². The second kappa shape index (κ2) is 4.87. The summed E-state index contributed by atoms with van der Waals surface area (Å²) in [6.07, 6.45) is 1.38. The van der Waals surface area contributed by atoms with Crippen LogP contribution < -0.4 is 9.47 Å². The van der Waals surface area contributed by atoms with Crippen LogP contribution in [0, 0.1) is 5.92 Å². The van der Waals surface area contributed by atoms with Crippen molar-refractivity contribution in [3.8, 4) is 11.5 Å². The largest absolute Gasteiger partial charge is 0.497 e. The number of carboxylic acid groups (broad SMARTS) is 2. The van der Waals surface area contributed by atoms with Crippen molar-refractivity contribution in [1.82, 2.24) is 0 Å². The summed E-state index contributed by atoms with van der Waals surface area (Å²) in [6, 6.07) is 5.12. The van der Waals surface area contributed by atoms with E-state index in [1.54, 1.807) is 32.0 Å². The number of hydrogen-bond acceptors (Lipinski definition) is 4. The fourth-order valence-corrected chi connectivity index (χ4v) is 3.52. The van der Waals surface area contributed by atoms with Crippen molar-refractivity contribution in [3.05, 3.63) is 46.7 Å². The molecule has 3 rings (SSSR count). The maximum Gasteiger partial charge on any atom is 0.332 e. The van der Waals surface area contributed by atoms with Crippen LogP contribution in [0.25, 0.3) is 0 Å². The van der Waals surface area contributed by atoms with Gasteiger partial charge < -0.3 is 19.7 Å². The average molecular weight is 316 g/mol. The van der Waals surface area contributed by atoms with E-state index in [9.17, 15) is 19.8 Å². The van der Waals surface area contributed by atoms with Crippen LogP contribution in [0.15, 0.2) is 41.2 Å². The fraction of sp³-hybridized carbons (Fsp3) is 0.294. The Morgan fingerprint density at radius 3 is 2.57 bits per heavy atom. The monoisotopic (exact) mass is 316 g/mol. The van der Waals surface area contributed by atoms with Gasteiger partial charge in [0, 0.05) is 11.6 Å². The predicted molar refractivity (Wildman–Crippen MR) is 80.5 cm³/mol. The van der Waals surface area contributed by atoms with Gasteiger partial charge in [-0.2, -0.15) is 0 Å². The molecule has 0 saturated carbocycles.